The second kappa shape index (κ2) is 6.62. The molecule has 0 spiro atoms. The van der Waals surface area contributed by atoms with Crippen molar-refractivity contribution in [2.45, 2.75) is 13.0 Å². The van der Waals surface area contributed by atoms with Crippen LogP contribution in [0.5, 0.6) is 0 Å². The minimum absolute atomic E-state index is 0.322. The molecular weight excluding hydrogens is 280 g/mol. The maximum Gasteiger partial charge on any atom is 0.145 e. The fourth-order valence-corrected chi connectivity index (χ4v) is 6.96. The molecule has 1 aliphatic heterocycles. The summed E-state index contributed by atoms with van der Waals surface area (Å²) in [6, 6.07) is 0.322. The number of hydrogen-bond acceptors (Lipinski definition) is 6. The predicted octanol–water partition coefficient (Wildman–Crippen LogP) is 2.82. The Balaban J connectivity index is 2.41. The summed E-state index contributed by atoms with van der Waals surface area (Å²) >= 11 is 10.2. The molecule has 13 heavy (non-hydrogen) atoms. The van der Waals surface area contributed by atoms with Crippen LogP contribution in [0.4, 0.5) is 0 Å². The summed E-state index contributed by atoms with van der Waals surface area (Å²) in [5.74, 6) is 0. The summed E-state index contributed by atoms with van der Waals surface area (Å²) in [5.41, 5.74) is 0. The van der Waals surface area contributed by atoms with Crippen molar-refractivity contribution in [3.8, 4) is 0 Å². The average molecular weight is 289 g/mol. The fourth-order valence-electron chi connectivity index (χ4n) is 0.632. The molecule has 0 bridgehead atoms. The summed E-state index contributed by atoms with van der Waals surface area (Å²) in [7, 11) is 6.40. The molecular formula is C5H8N2S6. The molecule has 1 aliphatic rings. The summed E-state index contributed by atoms with van der Waals surface area (Å²) in [4.78, 5) is 0. The molecule has 8 heteroatoms. The van der Waals surface area contributed by atoms with Crippen molar-refractivity contribution in [3.63, 3.8) is 0 Å². The van der Waals surface area contributed by atoms with Gasteiger partial charge in [0, 0.05) is 12.6 Å². The first-order valence-electron chi connectivity index (χ1n) is 3.44. The molecule has 2 nitrogen and oxygen atoms in total. The smallest absolute Gasteiger partial charge is 0.145 e. The molecule has 0 aromatic rings. The Hall–Kier alpha value is 1.18. The summed E-state index contributed by atoms with van der Waals surface area (Å²) in [5, 5.41) is 6.35. The van der Waals surface area contributed by atoms with E-state index >= 15 is 0 Å². The Morgan fingerprint density at radius 2 is 1.85 bits per heavy atom. The monoisotopic (exact) mass is 288 g/mol. The van der Waals surface area contributed by atoms with Gasteiger partial charge in [0.05, 0.1) is 0 Å². The van der Waals surface area contributed by atoms with Crippen LogP contribution >= 0.6 is 65.7 Å². The second-order valence-electron chi connectivity index (χ2n) is 2.30. The van der Waals surface area contributed by atoms with Crippen LogP contribution in [0.15, 0.2) is 0 Å². The van der Waals surface area contributed by atoms with Crippen LogP contribution in [0.3, 0.4) is 0 Å². The first kappa shape index (κ1) is 12.3. The zero-order chi connectivity index (χ0) is 9.68. The number of nitrogens with one attached hydrogen (secondary N) is 2. The molecule has 1 rings (SSSR count). The van der Waals surface area contributed by atoms with Crippen molar-refractivity contribution in [2.24, 2.45) is 0 Å². The third kappa shape index (κ3) is 5.58. The van der Waals surface area contributed by atoms with Crippen LogP contribution < -0.4 is 10.6 Å². The number of thiocarbonyl (C=S) groups is 2. The van der Waals surface area contributed by atoms with E-state index in [1.54, 1.807) is 41.2 Å². The van der Waals surface area contributed by atoms with Crippen LogP contribution in [0.2, 0.25) is 0 Å². The Kier molecular flexibility index (Phi) is 6.24. The van der Waals surface area contributed by atoms with E-state index in [2.05, 4.69) is 17.6 Å². The van der Waals surface area contributed by atoms with Gasteiger partial charge in [0.25, 0.3) is 0 Å². The largest absolute Gasteiger partial charge is 0.368 e. The molecule has 0 amide bonds. The van der Waals surface area contributed by atoms with Gasteiger partial charge >= 0.3 is 0 Å². The molecule has 0 aromatic carbocycles. The maximum absolute atomic E-state index is 5.11. The van der Waals surface area contributed by atoms with Crippen molar-refractivity contribution in [2.75, 3.05) is 6.54 Å². The van der Waals surface area contributed by atoms with Crippen LogP contribution in [0, 0.1) is 0 Å². The molecule has 2 N–H and O–H groups in total. The lowest BCUT2D eigenvalue weighted by molar-refractivity contribution is 0.653. The van der Waals surface area contributed by atoms with Gasteiger partial charge in [0.1, 0.15) is 8.64 Å². The van der Waals surface area contributed by atoms with Gasteiger partial charge in [-0.05, 0) is 48.2 Å². The van der Waals surface area contributed by atoms with Crippen LogP contribution in [0.1, 0.15) is 6.92 Å². The van der Waals surface area contributed by atoms with E-state index in [0.717, 1.165) is 15.2 Å². The highest BCUT2D eigenvalue weighted by Crippen LogP contribution is 2.43. The molecule has 1 atom stereocenters. The van der Waals surface area contributed by atoms with E-state index in [0.29, 0.717) is 6.04 Å². The molecule has 0 radical (unpaired) electrons. The molecule has 0 saturated carbocycles. The van der Waals surface area contributed by atoms with Gasteiger partial charge < -0.3 is 10.6 Å². The van der Waals surface area contributed by atoms with E-state index in [-0.39, 0.29) is 0 Å². The zero-order valence-electron chi connectivity index (χ0n) is 6.73. The van der Waals surface area contributed by atoms with Gasteiger partial charge in [-0.2, -0.15) is 0 Å². The fraction of sp³-hybridized carbons (Fsp3) is 0.600. The molecule has 0 aliphatic carbocycles. The quantitative estimate of drug-likeness (QED) is 0.518. The first-order valence-corrected chi connectivity index (χ1v) is 9.08. The SMILES string of the molecule is CC1CNC(=S)SSSSC(=S)N1. The highest BCUT2D eigenvalue weighted by Gasteiger charge is 2.09. The summed E-state index contributed by atoms with van der Waals surface area (Å²) in [6.45, 7) is 2.89. The van der Waals surface area contributed by atoms with Crippen LogP contribution in [0.25, 0.3) is 0 Å². The van der Waals surface area contributed by atoms with E-state index in [1.807, 2.05) is 0 Å². The second-order valence-corrected chi connectivity index (χ2v) is 9.33. The Labute approximate surface area is 104 Å². The minimum atomic E-state index is 0.322. The van der Waals surface area contributed by atoms with Crippen molar-refractivity contribution >= 4 is 74.3 Å². The average Bonchev–Trinajstić information content (AvgIpc) is 2.08. The van der Waals surface area contributed by atoms with Gasteiger partial charge in [-0.3, -0.25) is 0 Å². The molecule has 1 heterocycles. The van der Waals surface area contributed by atoms with Gasteiger partial charge in [0.15, 0.2) is 0 Å². The van der Waals surface area contributed by atoms with E-state index in [4.69, 9.17) is 24.4 Å². The highest BCUT2D eigenvalue weighted by atomic mass is 33.7. The summed E-state index contributed by atoms with van der Waals surface area (Å²) in [6.07, 6.45) is 0. The Bertz CT molecular complexity index is 207. The third-order valence-electron chi connectivity index (χ3n) is 1.16. The molecule has 0 aromatic heterocycles. The topological polar surface area (TPSA) is 24.1 Å². The van der Waals surface area contributed by atoms with Crippen molar-refractivity contribution in [1.82, 2.24) is 10.6 Å². The van der Waals surface area contributed by atoms with Gasteiger partial charge in [0.2, 0.25) is 0 Å². The molecule has 1 unspecified atom stereocenters. The standard InChI is InChI=1S/C5H8N2S6/c1-3-2-6-4(8)10-12-13-11-5(9)7-3/h3H,2H2,1H3,(H,6,8)(H,7,9). The Morgan fingerprint density at radius 3 is 2.54 bits per heavy atom. The van der Waals surface area contributed by atoms with E-state index < -0.39 is 0 Å². The Morgan fingerprint density at radius 1 is 1.23 bits per heavy atom. The predicted molar refractivity (Wildman–Crippen MR) is 76.2 cm³/mol. The van der Waals surface area contributed by atoms with Crippen molar-refractivity contribution in [3.05, 3.63) is 0 Å². The maximum atomic E-state index is 5.11. The van der Waals surface area contributed by atoms with Gasteiger partial charge in [-0.15, -0.1) is 0 Å². The van der Waals surface area contributed by atoms with Crippen molar-refractivity contribution < 1.29 is 0 Å². The van der Waals surface area contributed by atoms with Gasteiger partial charge in [-0.1, -0.05) is 24.4 Å². The van der Waals surface area contributed by atoms with Crippen molar-refractivity contribution in [1.29, 1.82) is 0 Å². The lowest BCUT2D eigenvalue weighted by Gasteiger charge is -2.17. The summed E-state index contributed by atoms with van der Waals surface area (Å²) < 4.78 is 1.67. The lowest BCUT2D eigenvalue weighted by Crippen LogP contribution is -2.39. The first-order chi connectivity index (χ1) is 6.18. The molecule has 1 saturated heterocycles. The number of rotatable bonds is 0. The van der Waals surface area contributed by atoms with E-state index in [9.17, 15) is 0 Å². The highest BCUT2D eigenvalue weighted by molar-refractivity contribution is 9.29. The lowest BCUT2D eigenvalue weighted by atomic mass is 10.3. The molecule has 1 fully saturated rings. The van der Waals surface area contributed by atoms with Crippen LogP contribution in [-0.2, 0) is 0 Å². The zero-order valence-corrected chi connectivity index (χ0v) is 11.6. The number of hydrogen-bond donors (Lipinski definition) is 2. The van der Waals surface area contributed by atoms with E-state index in [1.165, 1.54) is 0 Å². The minimum Gasteiger partial charge on any atom is -0.368 e. The van der Waals surface area contributed by atoms with Crippen LogP contribution in [-0.4, -0.2) is 21.2 Å². The van der Waals surface area contributed by atoms with Gasteiger partial charge in [-0.25, -0.2) is 0 Å². The normalized spacial score (nSPS) is 26.1. The third-order valence-corrected chi connectivity index (χ3v) is 8.12. The molecule has 74 valence electrons.